The number of nitrogens with one attached hydrogen (secondary N) is 1. The minimum Gasteiger partial charge on any atom is -0.329 e. The molecule has 3 N–H and O–H groups in total. The Morgan fingerprint density at radius 3 is 2.71 bits per heavy atom. The highest BCUT2D eigenvalue weighted by Crippen LogP contribution is 2.17. The van der Waals surface area contributed by atoms with Gasteiger partial charge in [0.15, 0.2) is 0 Å². The zero-order chi connectivity index (χ0) is 5.11. The van der Waals surface area contributed by atoms with Gasteiger partial charge in [0.25, 0.3) is 0 Å². The van der Waals surface area contributed by atoms with E-state index in [2.05, 4.69) is 5.32 Å². The molecular weight excluding hydrogens is 88.1 g/mol. The van der Waals surface area contributed by atoms with Gasteiger partial charge in [-0.2, -0.15) is 0 Å². The van der Waals surface area contributed by atoms with Crippen LogP contribution in [0.1, 0.15) is 12.8 Å². The molecule has 0 atom stereocenters. The average molecular weight is 100 g/mol. The van der Waals surface area contributed by atoms with Crippen LogP contribution in [0, 0.1) is 0 Å². The lowest BCUT2D eigenvalue weighted by Gasteiger charge is -1.94. The van der Waals surface area contributed by atoms with E-state index in [1.54, 1.807) is 0 Å². The molecule has 1 saturated carbocycles. The van der Waals surface area contributed by atoms with Gasteiger partial charge < -0.3 is 11.1 Å². The normalized spacial score (nSPS) is 20.1. The number of hydrogen-bond acceptors (Lipinski definition) is 2. The Balaban J connectivity index is 1.80. The van der Waals surface area contributed by atoms with Crippen LogP contribution in [0.3, 0.4) is 0 Å². The van der Waals surface area contributed by atoms with Crippen molar-refractivity contribution < 1.29 is 0 Å². The highest BCUT2D eigenvalue weighted by molar-refractivity contribution is 4.80. The smallest absolute Gasteiger partial charge is 0.00770 e. The first-order chi connectivity index (χ1) is 3.43. The van der Waals surface area contributed by atoms with Crippen molar-refractivity contribution in [3.05, 3.63) is 0 Å². The molecular formula is C5H12N2. The summed E-state index contributed by atoms with van der Waals surface area (Å²) in [4.78, 5) is 0. The minimum atomic E-state index is 0.774. The second-order valence-corrected chi connectivity index (χ2v) is 2.02. The first kappa shape index (κ1) is 5.06. The second-order valence-electron chi connectivity index (χ2n) is 2.02. The monoisotopic (exact) mass is 100 g/mol. The fourth-order valence-electron chi connectivity index (χ4n) is 0.575. The van der Waals surface area contributed by atoms with Crippen LogP contribution < -0.4 is 11.1 Å². The van der Waals surface area contributed by atoms with Crippen LogP contribution >= 0.6 is 0 Å². The molecule has 0 spiro atoms. The van der Waals surface area contributed by atoms with Crippen LogP contribution in [0.2, 0.25) is 0 Å². The topological polar surface area (TPSA) is 38.0 Å². The maximum Gasteiger partial charge on any atom is 0.00770 e. The third-order valence-electron chi connectivity index (χ3n) is 1.15. The van der Waals surface area contributed by atoms with Crippen molar-refractivity contribution in [1.82, 2.24) is 5.32 Å². The van der Waals surface area contributed by atoms with Gasteiger partial charge in [0, 0.05) is 19.1 Å². The van der Waals surface area contributed by atoms with Gasteiger partial charge in [-0.25, -0.2) is 0 Å². The van der Waals surface area contributed by atoms with E-state index in [-0.39, 0.29) is 0 Å². The largest absolute Gasteiger partial charge is 0.329 e. The third kappa shape index (κ3) is 1.90. The van der Waals surface area contributed by atoms with Gasteiger partial charge in [-0.15, -0.1) is 0 Å². The van der Waals surface area contributed by atoms with Crippen molar-refractivity contribution in [2.75, 3.05) is 13.1 Å². The number of nitrogens with two attached hydrogens (primary N) is 1. The average Bonchev–Trinajstić information content (AvgIpc) is 2.42. The van der Waals surface area contributed by atoms with E-state index in [1.807, 2.05) is 0 Å². The lowest BCUT2D eigenvalue weighted by molar-refractivity contribution is 0.690. The Morgan fingerprint density at radius 1 is 1.57 bits per heavy atom. The zero-order valence-corrected chi connectivity index (χ0v) is 4.48. The van der Waals surface area contributed by atoms with Gasteiger partial charge in [-0.1, -0.05) is 0 Å². The molecule has 0 heterocycles. The highest BCUT2D eigenvalue weighted by atomic mass is 15.0. The molecule has 0 amide bonds. The fourth-order valence-corrected chi connectivity index (χ4v) is 0.575. The summed E-state index contributed by atoms with van der Waals surface area (Å²) in [5, 5.41) is 3.28. The van der Waals surface area contributed by atoms with E-state index in [1.165, 1.54) is 12.8 Å². The predicted molar refractivity (Wildman–Crippen MR) is 30.1 cm³/mol. The number of hydrogen-bond donors (Lipinski definition) is 2. The van der Waals surface area contributed by atoms with Crippen LogP contribution in [0.25, 0.3) is 0 Å². The highest BCUT2D eigenvalue weighted by Gasteiger charge is 2.18. The predicted octanol–water partition coefficient (Wildman–Crippen LogP) is -0.303. The Hall–Kier alpha value is -0.0800. The maximum absolute atomic E-state index is 5.24. The van der Waals surface area contributed by atoms with Gasteiger partial charge >= 0.3 is 0 Å². The first-order valence-corrected chi connectivity index (χ1v) is 2.87. The van der Waals surface area contributed by atoms with Crippen LogP contribution in [0.4, 0.5) is 0 Å². The Kier molecular flexibility index (Phi) is 1.65. The van der Waals surface area contributed by atoms with Crippen molar-refractivity contribution in [3.8, 4) is 0 Å². The lowest BCUT2D eigenvalue weighted by Crippen LogP contribution is -2.23. The summed E-state index contributed by atoms with van der Waals surface area (Å²) in [6.45, 7) is 1.77. The van der Waals surface area contributed by atoms with Crippen LogP contribution in [0.15, 0.2) is 0 Å². The van der Waals surface area contributed by atoms with E-state index in [9.17, 15) is 0 Å². The SMILES string of the molecule is NCCNC1CC1. The molecule has 0 aromatic heterocycles. The van der Waals surface area contributed by atoms with Crippen LogP contribution in [-0.2, 0) is 0 Å². The van der Waals surface area contributed by atoms with Gasteiger partial charge in [0.1, 0.15) is 0 Å². The van der Waals surface area contributed by atoms with E-state index in [0.717, 1.165) is 19.1 Å². The lowest BCUT2D eigenvalue weighted by atomic mass is 10.6. The molecule has 42 valence electrons. The molecule has 1 aliphatic carbocycles. The Labute approximate surface area is 44.1 Å². The summed E-state index contributed by atoms with van der Waals surface area (Å²) < 4.78 is 0. The quantitative estimate of drug-likeness (QED) is 0.511. The summed E-state index contributed by atoms with van der Waals surface area (Å²) in [6, 6.07) is 0.823. The van der Waals surface area contributed by atoms with Crippen LogP contribution in [0.5, 0.6) is 0 Å². The van der Waals surface area contributed by atoms with Gasteiger partial charge in [0.2, 0.25) is 0 Å². The van der Waals surface area contributed by atoms with Crippen molar-refractivity contribution >= 4 is 0 Å². The number of rotatable bonds is 3. The van der Waals surface area contributed by atoms with Gasteiger partial charge in [-0.05, 0) is 12.8 Å². The Morgan fingerprint density at radius 2 is 2.29 bits per heavy atom. The molecule has 0 unspecified atom stereocenters. The molecule has 1 aliphatic rings. The Bertz CT molecular complexity index is 50.0. The van der Waals surface area contributed by atoms with Crippen molar-refractivity contribution in [3.63, 3.8) is 0 Å². The van der Waals surface area contributed by atoms with Crippen LogP contribution in [-0.4, -0.2) is 19.1 Å². The molecule has 0 aromatic rings. The molecule has 2 nitrogen and oxygen atoms in total. The summed E-state index contributed by atoms with van der Waals surface area (Å²) in [5.41, 5.74) is 5.24. The molecule has 0 aliphatic heterocycles. The van der Waals surface area contributed by atoms with E-state index in [0.29, 0.717) is 0 Å². The van der Waals surface area contributed by atoms with Gasteiger partial charge in [-0.3, -0.25) is 0 Å². The molecule has 7 heavy (non-hydrogen) atoms. The fraction of sp³-hybridized carbons (Fsp3) is 1.00. The molecule has 0 bridgehead atoms. The molecule has 0 radical (unpaired) electrons. The molecule has 1 rings (SSSR count). The van der Waals surface area contributed by atoms with E-state index < -0.39 is 0 Å². The van der Waals surface area contributed by atoms with Crippen molar-refractivity contribution in [2.45, 2.75) is 18.9 Å². The zero-order valence-electron chi connectivity index (χ0n) is 4.48. The summed E-state index contributed by atoms with van der Waals surface area (Å²) in [5.74, 6) is 0. The van der Waals surface area contributed by atoms with Gasteiger partial charge in [0.05, 0.1) is 0 Å². The second kappa shape index (κ2) is 2.28. The molecule has 0 aromatic carbocycles. The summed E-state index contributed by atoms with van der Waals surface area (Å²) in [7, 11) is 0. The molecule has 0 saturated heterocycles. The standard InChI is InChI=1S/C5H12N2/c6-3-4-7-5-1-2-5/h5,7H,1-4,6H2. The van der Waals surface area contributed by atoms with Crippen molar-refractivity contribution in [2.24, 2.45) is 5.73 Å². The third-order valence-corrected chi connectivity index (χ3v) is 1.15. The minimum absolute atomic E-state index is 0.774. The summed E-state index contributed by atoms with van der Waals surface area (Å²) in [6.07, 6.45) is 2.72. The summed E-state index contributed by atoms with van der Waals surface area (Å²) >= 11 is 0. The molecule has 2 heteroatoms. The molecule has 1 fully saturated rings. The maximum atomic E-state index is 5.24. The first-order valence-electron chi connectivity index (χ1n) is 2.87. The van der Waals surface area contributed by atoms with E-state index in [4.69, 9.17) is 5.73 Å². The van der Waals surface area contributed by atoms with E-state index >= 15 is 0 Å². The van der Waals surface area contributed by atoms with Crippen molar-refractivity contribution in [1.29, 1.82) is 0 Å².